The summed E-state index contributed by atoms with van der Waals surface area (Å²) in [6, 6.07) is 37.6. The van der Waals surface area contributed by atoms with Crippen LogP contribution in [-0.4, -0.2) is 30.1 Å². The van der Waals surface area contributed by atoms with Gasteiger partial charge in [0.05, 0.1) is 17.2 Å². The number of nitrogens with zero attached hydrogens (tertiary/aromatic N) is 6. The molecule has 0 amide bonds. The first-order valence-electron chi connectivity index (χ1n) is 13.2. The molecule has 0 spiro atoms. The van der Waals surface area contributed by atoms with Crippen molar-refractivity contribution in [2.24, 2.45) is 0 Å². The molecule has 0 radical (unpaired) electrons. The standard InChI is InChI=1S/C33H30N6/c1-24-12-11-13-25(2)31(24)39-33(35-36-37-39)32(29-20-21-34-30-19-10-9-18-28(29)30)38(22-26-14-5-3-6-15-26)23-27-16-7-4-8-17-27/h3-21,32H,22-23H2,1-2H3. The molecule has 2 aromatic heterocycles. The van der Waals surface area contributed by atoms with Gasteiger partial charge in [-0.15, -0.1) is 5.10 Å². The third kappa shape index (κ3) is 5.07. The lowest BCUT2D eigenvalue weighted by atomic mass is 9.98. The Bertz CT molecular complexity index is 1630. The maximum atomic E-state index is 4.70. The Morgan fingerprint density at radius 2 is 1.31 bits per heavy atom. The molecule has 0 fully saturated rings. The largest absolute Gasteiger partial charge is 0.281 e. The Hall–Kier alpha value is -4.68. The second kappa shape index (κ2) is 11.0. The summed E-state index contributed by atoms with van der Waals surface area (Å²) in [5, 5.41) is 14.6. The van der Waals surface area contributed by atoms with Crippen LogP contribution in [0.3, 0.4) is 0 Å². The van der Waals surface area contributed by atoms with Crippen molar-refractivity contribution in [3.8, 4) is 5.69 Å². The quantitative estimate of drug-likeness (QED) is 0.230. The molecule has 6 heteroatoms. The number of aromatic nitrogens is 5. The highest BCUT2D eigenvalue weighted by atomic mass is 15.6. The van der Waals surface area contributed by atoms with Gasteiger partial charge in [0.25, 0.3) is 0 Å². The predicted octanol–water partition coefficient (Wildman–Crippen LogP) is 6.62. The lowest BCUT2D eigenvalue weighted by Gasteiger charge is -2.32. The average Bonchev–Trinajstić information content (AvgIpc) is 3.43. The molecule has 39 heavy (non-hydrogen) atoms. The van der Waals surface area contributed by atoms with E-state index in [0.29, 0.717) is 0 Å². The first-order valence-corrected chi connectivity index (χ1v) is 13.2. The van der Waals surface area contributed by atoms with Crippen LogP contribution in [-0.2, 0) is 13.1 Å². The molecule has 4 aromatic carbocycles. The van der Waals surface area contributed by atoms with Crippen LogP contribution >= 0.6 is 0 Å². The molecule has 0 bridgehead atoms. The molecule has 0 saturated carbocycles. The molecule has 1 atom stereocenters. The fourth-order valence-electron chi connectivity index (χ4n) is 5.39. The fourth-order valence-corrected chi connectivity index (χ4v) is 5.39. The number of hydrogen-bond acceptors (Lipinski definition) is 5. The van der Waals surface area contributed by atoms with Gasteiger partial charge in [-0.1, -0.05) is 97.1 Å². The normalized spacial score (nSPS) is 12.2. The van der Waals surface area contributed by atoms with E-state index in [-0.39, 0.29) is 6.04 Å². The number of pyridine rings is 1. The Morgan fingerprint density at radius 1 is 0.692 bits per heavy atom. The van der Waals surface area contributed by atoms with Gasteiger partial charge in [-0.3, -0.25) is 9.88 Å². The van der Waals surface area contributed by atoms with E-state index in [2.05, 4.69) is 137 Å². The number of tetrazole rings is 1. The molecule has 0 aliphatic carbocycles. The van der Waals surface area contributed by atoms with Crippen LogP contribution in [0.5, 0.6) is 0 Å². The van der Waals surface area contributed by atoms with Gasteiger partial charge in [-0.2, -0.15) is 4.68 Å². The highest BCUT2D eigenvalue weighted by molar-refractivity contribution is 5.82. The first-order chi connectivity index (χ1) is 19.2. The van der Waals surface area contributed by atoms with E-state index >= 15 is 0 Å². The first kappa shape index (κ1) is 24.6. The van der Waals surface area contributed by atoms with Crippen molar-refractivity contribution in [1.82, 2.24) is 30.1 Å². The number of fused-ring (bicyclic) bond motifs is 1. The minimum atomic E-state index is -0.243. The summed E-state index contributed by atoms with van der Waals surface area (Å²) in [7, 11) is 0. The molecule has 0 N–H and O–H groups in total. The molecule has 6 rings (SSSR count). The van der Waals surface area contributed by atoms with Gasteiger partial charge in [0.15, 0.2) is 5.82 Å². The van der Waals surface area contributed by atoms with Crippen molar-refractivity contribution in [1.29, 1.82) is 0 Å². The van der Waals surface area contributed by atoms with Crippen LogP contribution in [0.4, 0.5) is 0 Å². The SMILES string of the molecule is Cc1cccc(C)c1-n1nnnc1C(c1ccnc2ccccc12)N(Cc1ccccc1)Cc1ccccc1. The van der Waals surface area contributed by atoms with E-state index in [1.165, 1.54) is 11.1 Å². The van der Waals surface area contributed by atoms with Gasteiger partial charge in [0, 0.05) is 24.7 Å². The van der Waals surface area contributed by atoms with Gasteiger partial charge >= 0.3 is 0 Å². The maximum absolute atomic E-state index is 4.70. The molecule has 6 nitrogen and oxygen atoms in total. The topological polar surface area (TPSA) is 59.7 Å². The van der Waals surface area contributed by atoms with Crippen molar-refractivity contribution in [3.05, 3.63) is 149 Å². The monoisotopic (exact) mass is 510 g/mol. The maximum Gasteiger partial charge on any atom is 0.178 e. The third-order valence-corrected chi connectivity index (χ3v) is 7.19. The van der Waals surface area contributed by atoms with Gasteiger partial charge in [-0.05, 0) is 64.2 Å². The average molecular weight is 511 g/mol. The van der Waals surface area contributed by atoms with Crippen molar-refractivity contribution in [3.63, 3.8) is 0 Å². The second-order valence-corrected chi connectivity index (χ2v) is 9.89. The zero-order chi connectivity index (χ0) is 26.6. The van der Waals surface area contributed by atoms with Gasteiger partial charge < -0.3 is 0 Å². The van der Waals surface area contributed by atoms with E-state index in [1.54, 1.807) is 0 Å². The van der Waals surface area contributed by atoms with Crippen LogP contribution in [0.25, 0.3) is 16.6 Å². The molecule has 0 aliphatic rings. The van der Waals surface area contributed by atoms with E-state index < -0.39 is 0 Å². The number of para-hydroxylation sites is 2. The number of benzene rings is 4. The Kier molecular flexibility index (Phi) is 6.93. The molecule has 2 heterocycles. The Balaban J connectivity index is 1.59. The van der Waals surface area contributed by atoms with Gasteiger partial charge in [0.1, 0.15) is 0 Å². The van der Waals surface area contributed by atoms with Crippen LogP contribution in [0.2, 0.25) is 0 Å². The Labute approximate surface area is 228 Å². The fraction of sp³-hybridized carbons (Fsp3) is 0.152. The van der Waals surface area contributed by atoms with E-state index in [1.807, 2.05) is 16.9 Å². The summed E-state index contributed by atoms with van der Waals surface area (Å²) in [6.07, 6.45) is 1.89. The molecule has 192 valence electrons. The highest BCUT2D eigenvalue weighted by Gasteiger charge is 2.31. The van der Waals surface area contributed by atoms with Gasteiger partial charge in [0.2, 0.25) is 0 Å². The number of hydrogen-bond donors (Lipinski definition) is 0. The summed E-state index contributed by atoms with van der Waals surface area (Å²) < 4.78 is 1.92. The van der Waals surface area contributed by atoms with Crippen LogP contribution in [0.15, 0.2) is 115 Å². The third-order valence-electron chi connectivity index (χ3n) is 7.19. The van der Waals surface area contributed by atoms with Crippen molar-refractivity contribution in [2.75, 3.05) is 0 Å². The molecule has 1 unspecified atom stereocenters. The lowest BCUT2D eigenvalue weighted by Crippen LogP contribution is -2.31. The van der Waals surface area contributed by atoms with E-state index in [4.69, 9.17) is 5.10 Å². The Morgan fingerprint density at radius 3 is 1.97 bits per heavy atom. The minimum Gasteiger partial charge on any atom is -0.281 e. The molecular weight excluding hydrogens is 480 g/mol. The van der Waals surface area contributed by atoms with Crippen molar-refractivity contribution in [2.45, 2.75) is 33.0 Å². The lowest BCUT2D eigenvalue weighted by molar-refractivity contribution is 0.198. The highest BCUT2D eigenvalue weighted by Crippen LogP contribution is 2.35. The zero-order valence-electron chi connectivity index (χ0n) is 22.1. The zero-order valence-corrected chi connectivity index (χ0v) is 22.1. The van der Waals surface area contributed by atoms with Crippen LogP contribution in [0.1, 0.15) is 39.7 Å². The summed E-state index contributed by atoms with van der Waals surface area (Å²) in [5.74, 6) is 0.774. The van der Waals surface area contributed by atoms with Gasteiger partial charge in [-0.25, -0.2) is 0 Å². The smallest absolute Gasteiger partial charge is 0.178 e. The van der Waals surface area contributed by atoms with E-state index in [9.17, 15) is 0 Å². The van der Waals surface area contributed by atoms with Crippen molar-refractivity contribution < 1.29 is 0 Å². The van der Waals surface area contributed by atoms with Crippen molar-refractivity contribution >= 4 is 10.9 Å². The van der Waals surface area contributed by atoms with E-state index in [0.717, 1.165) is 52.2 Å². The molecular formula is C33H30N6. The summed E-state index contributed by atoms with van der Waals surface area (Å²) in [5.41, 5.74) is 7.78. The predicted molar refractivity (Wildman–Crippen MR) is 154 cm³/mol. The summed E-state index contributed by atoms with van der Waals surface area (Å²) in [4.78, 5) is 7.13. The summed E-state index contributed by atoms with van der Waals surface area (Å²) >= 11 is 0. The molecule has 6 aromatic rings. The summed E-state index contributed by atoms with van der Waals surface area (Å²) in [6.45, 7) is 5.65. The van der Waals surface area contributed by atoms with Crippen LogP contribution < -0.4 is 0 Å². The number of rotatable bonds is 8. The minimum absolute atomic E-state index is 0.243. The molecule has 0 saturated heterocycles. The van der Waals surface area contributed by atoms with Crippen LogP contribution in [0, 0.1) is 13.8 Å². The number of aryl methyl sites for hydroxylation is 2. The molecule has 0 aliphatic heterocycles. The second-order valence-electron chi connectivity index (χ2n) is 9.89.